The van der Waals surface area contributed by atoms with Crippen LogP contribution in [0, 0.1) is 19.3 Å². The zero-order valence-corrected chi connectivity index (χ0v) is 14.7. The van der Waals surface area contributed by atoms with Crippen molar-refractivity contribution in [2.24, 2.45) is 5.41 Å². The molecule has 2 heterocycles. The van der Waals surface area contributed by atoms with E-state index >= 15 is 0 Å². The van der Waals surface area contributed by atoms with E-state index in [9.17, 15) is 26.3 Å². The number of alkyl halides is 6. The van der Waals surface area contributed by atoms with E-state index in [0.29, 0.717) is 0 Å². The van der Waals surface area contributed by atoms with E-state index in [4.69, 9.17) is 0 Å². The van der Waals surface area contributed by atoms with Crippen LogP contribution in [-0.4, -0.2) is 12.4 Å². The van der Waals surface area contributed by atoms with Gasteiger partial charge in [-0.2, -0.15) is 26.3 Å². The third-order valence-electron chi connectivity index (χ3n) is 5.14. The molecule has 0 aliphatic heterocycles. The summed E-state index contributed by atoms with van der Waals surface area (Å²) < 4.78 is 81.2. The molecule has 0 radical (unpaired) electrons. The predicted molar refractivity (Wildman–Crippen MR) is 84.9 cm³/mol. The molecule has 0 atom stereocenters. The van der Waals surface area contributed by atoms with E-state index < -0.39 is 30.6 Å². The van der Waals surface area contributed by atoms with Crippen molar-refractivity contribution >= 4 is 32.1 Å². The van der Waals surface area contributed by atoms with Gasteiger partial charge >= 0.3 is 12.4 Å². The van der Waals surface area contributed by atoms with Crippen LogP contribution in [0.2, 0.25) is 0 Å². The van der Waals surface area contributed by atoms with Crippen LogP contribution in [0.25, 0.3) is 9.40 Å². The molecule has 134 valence electrons. The fraction of sp³-hybridized carbons (Fsp3) is 0.625. The first kappa shape index (κ1) is 18.0. The minimum atomic E-state index is -5.25. The highest BCUT2D eigenvalue weighted by Gasteiger charge is 2.70. The quantitative estimate of drug-likeness (QED) is 0.450. The number of rotatable bonds is 1. The summed E-state index contributed by atoms with van der Waals surface area (Å²) in [5.41, 5.74) is -1.41. The van der Waals surface area contributed by atoms with Crippen molar-refractivity contribution in [2.75, 3.05) is 0 Å². The summed E-state index contributed by atoms with van der Waals surface area (Å²) in [6, 6.07) is 0. The molecule has 1 aliphatic carbocycles. The maximum atomic E-state index is 13.2. The highest BCUT2D eigenvalue weighted by molar-refractivity contribution is 7.27. The fourth-order valence-electron chi connectivity index (χ4n) is 3.61. The van der Waals surface area contributed by atoms with E-state index in [2.05, 4.69) is 0 Å². The van der Waals surface area contributed by atoms with Gasteiger partial charge in [0.15, 0.2) is 5.41 Å². The number of fused-ring (bicyclic) bond motifs is 1. The molecule has 3 rings (SSSR count). The largest absolute Gasteiger partial charge is 0.403 e. The third kappa shape index (κ3) is 2.57. The van der Waals surface area contributed by atoms with Crippen molar-refractivity contribution in [2.45, 2.75) is 57.8 Å². The monoisotopic (exact) mass is 386 g/mol. The molecule has 0 saturated heterocycles. The van der Waals surface area contributed by atoms with Crippen molar-refractivity contribution in [1.29, 1.82) is 0 Å². The first-order valence-corrected chi connectivity index (χ1v) is 9.28. The lowest BCUT2D eigenvalue weighted by atomic mass is 9.68. The molecule has 1 fully saturated rings. The van der Waals surface area contributed by atoms with Gasteiger partial charge in [-0.15, -0.1) is 22.7 Å². The lowest BCUT2D eigenvalue weighted by Crippen LogP contribution is -2.51. The maximum absolute atomic E-state index is 13.2. The molecular weight excluding hydrogens is 370 g/mol. The van der Waals surface area contributed by atoms with Crippen LogP contribution in [0.1, 0.15) is 47.6 Å². The zero-order chi connectivity index (χ0) is 17.9. The Morgan fingerprint density at radius 3 is 1.96 bits per heavy atom. The second-order valence-electron chi connectivity index (χ2n) is 6.52. The molecule has 0 N–H and O–H groups in total. The van der Waals surface area contributed by atoms with E-state index in [-0.39, 0.29) is 18.8 Å². The summed E-state index contributed by atoms with van der Waals surface area (Å²) >= 11 is 3.11. The van der Waals surface area contributed by atoms with Gasteiger partial charge in [-0.3, -0.25) is 0 Å². The van der Waals surface area contributed by atoms with Gasteiger partial charge in [0.25, 0.3) is 0 Å². The molecule has 1 saturated carbocycles. The standard InChI is InChI=1S/C16H16F6S2/c1-8-7-23-13-9(2)12(24-11(8)13)10-3-5-14(6-4-10,15(17,18)19)16(20,21)22/h7,10H,3-6H2,1-2H3. The smallest absolute Gasteiger partial charge is 0.170 e. The summed E-state index contributed by atoms with van der Waals surface area (Å²) in [4.78, 5) is 0.956. The summed E-state index contributed by atoms with van der Waals surface area (Å²) in [7, 11) is 0. The SMILES string of the molecule is Cc1csc2c(C)c(C3CCC(C(F)(F)F)(C(F)(F)F)CC3)sc12. The molecule has 24 heavy (non-hydrogen) atoms. The molecule has 0 amide bonds. The van der Waals surface area contributed by atoms with Gasteiger partial charge in [0.1, 0.15) is 0 Å². The van der Waals surface area contributed by atoms with Crippen molar-refractivity contribution in [3.05, 3.63) is 21.4 Å². The molecule has 0 spiro atoms. The molecular formula is C16H16F6S2. The Labute approximate surface area is 143 Å². The minimum absolute atomic E-state index is 0.0767. The normalized spacial score (nSPS) is 20.0. The lowest BCUT2D eigenvalue weighted by molar-refractivity contribution is -0.350. The van der Waals surface area contributed by atoms with Crippen LogP contribution < -0.4 is 0 Å². The van der Waals surface area contributed by atoms with Crippen LogP contribution >= 0.6 is 22.7 Å². The summed E-state index contributed by atoms with van der Waals surface area (Å²) in [6.07, 6.45) is -12.4. The number of hydrogen-bond acceptors (Lipinski definition) is 2. The van der Waals surface area contributed by atoms with Gasteiger partial charge in [0.05, 0.1) is 0 Å². The predicted octanol–water partition coefficient (Wildman–Crippen LogP) is 7.35. The second kappa shape index (κ2) is 5.62. The topological polar surface area (TPSA) is 0 Å². The van der Waals surface area contributed by atoms with Gasteiger partial charge in [0, 0.05) is 14.3 Å². The number of hydrogen-bond donors (Lipinski definition) is 0. The van der Waals surface area contributed by atoms with Gasteiger partial charge in [0.2, 0.25) is 0 Å². The van der Waals surface area contributed by atoms with E-state index in [1.54, 1.807) is 11.3 Å². The Bertz CT molecular complexity index is 725. The summed E-state index contributed by atoms with van der Waals surface area (Å²) in [5, 5.41) is 2.02. The van der Waals surface area contributed by atoms with Crippen LogP contribution in [-0.2, 0) is 0 Å². The molecule has 2 aromatic rings. The van der Waals surface area contributed by atoms with Crippen LogP contribution in [0.5, 0.6) is 0 Å². The molecule has 0 unspecified atom stereocenters. The van der Waals surface area contributed by atoms with Gasteiger partial charge in [-0.1, -0.05) is 0 Å². The van der Waals surface area contributed by atoms with E-state index in [0.717, 1.165) is 25.4 Å². The third-order valence-corrected chi connectivity index (χ3v) is 8.07. The summed E-state index contributed by atoms with van der Waals surface area (Å²) in [6.45, 7) is 3.89. The van der Waals surface area contributed by atoms with Crippen molar-refractivity contribution in [3.63, 3.8) is 0 Å². The Morgan fingerprint density at radius 1 is 0.958 bits per heavy atom. The van der Waals surface area contributed by atoms with Gasteiger partial charge in [-0.25, -0.2) is 0 Å². The summed E-state index contributed by atoms with van der Waals surface area (Å²) in [5.74, 6) is -0.216. The van der Waals surface area contributed by atoms with E-state index in [1.165, 1.54) is 11.3 Å². The first-order valence-electron chi connectivity index (χ1n) is 7.58. The highest BCUT2D eigenvalue weighted by atomic mass is 32.1. The molecule has 0 bridgehead atoms. The number of aryl methyl sites for hydroxylation is 2. The van der Waals surface area contributed by atoms with E-state index in [1.807, 2.05) is 19.2 Å². The zero-order valence-electron chi connectivity index (χ0n) is 13.1. The van der Waals surface area contributed by atoms with Crippen molar-refractivity contribution in [3.8, 4) is 0 Å². The minimum Gasteiger partial charge on any atom is -0.170 e. The fourth-order valence-corrected chi connectivity index (χ4v) is 6.33. The average molecular weight is 386 g/mol. The molecule has 8 heteroatoms. The molecule has 2 aromatic heterocycles. The molecule has 1 aliphatic rings. The first-order chi connectivity index (χ1) is 11.0. The lowest BCUT2D eigenvalue weighted by Gasteiger charge is -2.42. The molecule has 0 nitrogen and oxygen atoms in total. The van der Waals surface area contributed by atoms with Gasteiger partial charge < -0.3 is 0 Å². The number of thiophene rings is 2. The number of halogens is 6. The van der Waals surface area contributed by atoms with Crippen LogP contribution in [0.4, 0.5) is 26.3 Å². The van der Waals surface area contributed by atoms with Crippen LogP contribution in [0.15, 0.2) is 5.38 Å². The van der Waals surface area contributed by atoms with Crippen molar-refractivity contribution < 1.29 is 26.3 Å². The van der Waals surface area contributed by atoms with Crippen molar-refractivity contribution in [1.82, 2.24) is 0 Å². The highest BCUT2D eigenvalue weighted by Crippen LogP contribution is 2.60. The van der Waals surface area contributed by atoms with Crippen LogP contribution in [0.3, 0.4) is 0 Å². The maximum Gasteiger partial charge on any atom is 0.403 e. The Balaban J connectivity index is 1.89. The molecule has 0 aromatic carbocycles. The Hall–Kier alpha value is -0.760. The second-order valence-corrected chi connectivity index (χ2v) is 8.45. The average Bonchev–Trinajstić information content (AvgIpc) is 2.98. The van der Waals surface area contributed by atoms with Gasteiger partial charge in [-0.05, 0) is 62.0 Å². The Morgan fingerprint density at radius 2 is 1.50 bits per heavy atom. The Kier molecular flexibility index (Phi) is 4.23.